The average molecular weight is 339 g/mol. The number of halogens is 1. The van der Waals surface area contributed by atoms with E-state index in [0.29, 0.717) is 0 Å². The highest BCUT2D eigenvalue weighted by Gasteiger charge is 2.21. The van der Waals surface area contributed by atoms with Gasteiger partial charge in [0.05, 0.1) is 0 Å². The summed E-state index contributed by atoms with van der Waals surface area (Å²) in [5.41, 5.74) is 8.72. The molecule has 1 saturated heterocycles. The molecular formula is C17H27BrN2. The third kappa shape index (κ3) is 3.76. The maximum atomic E-state index is 6.14. The quantitative estimate of drug-likeness (QED) is 0.862. The summed E-state index contributed by atoms with van der Waals surface area (Å²) in [6, 6.07) is 6.57. The van der Waals surface area contributed by atoms with Gasteiger partial charge in [-0.15, -0.1) is 0 Å². The molecule has 2 unspecified atom stereocenters. The molecule has 1 aromatic rings. The second-order valence-electron chi connectivity index (χ2n) is 6.41. The Morgan fingerprint density at radius 2 is 1.95 bits per heavy atom. The third-order valence-electron chi connectivity index (χ3n) is 4.54. The lowest BCUT2D eigenvalue weighted by molar-refractivity contribution is 0.351. The van der Waals surface area contributed by atoms with Crippen LogP contribution in [0.1, 0.15) is 51.6 Å². The molecule has 2 atom stereocenters. The molecule has 2 N–H and O–H groups in total. The summed E-state index contributed by atoms with van der Waals surface area (Å²) in [6.45, 7) is 9.08. The number of anilines is 1. The molecule has 1 aliphatic heterocycles. The first-order valence-electron chi connectivity index (χ1n) is 7.79. The minimum absolute atomic E-state index is 0.0854. The molecule has 20 heavy (non-hydrogen) atoms. The van der Waals surface area contributed by atoms with Gasteiger partial charge in [0.1, 0.15) is 0 Å². The Morgan fingerprint density at radius 1 is 1.20 bits per heavy atom. The van der Waals surface area contributed by atoms with Crippen LogP contribution in [0.4, 0.5) is 5.69 Å². The number of hydrogen-bond donors (Lipinski definition) is 1. The van der Waals surface area contributed by atoms with Crippen LogP contribution in [0.15, 0.2) is 22.7 Å². The van der Waals surface area contributed by atoms with E-state index in [1.807, 2.05) is 0 Å². The maximum Gasteiger partial charge on any atom is 0.0425 e. The lowest BCUT2D eigenvalue weighted by Gasteiger charge is -2.27. The van der Waals surface area contributed by atoms with E-state index in [0.717, 1.165) is 29.4 Å². The largest absolute Gasteiger partial charge is 0.371 e. The molecule has 1 heterocycles. The molecule has 0 bridgehead atoms. The van der Waals surface area contributed by atoms with Crippen LogP contribution in [-0.2, 0) is 0 Å². The summed E-state index contributed by atoms with van der Waals surface area (Å²) >= 11 is 3.60. The van der Waals surface area contributed by atoms with Crippen LogP contribution >= 0.6 is 15.9 Å². The van der Waals surface area contributed by atoms with Crippen LogP contribution in [0.2, 0.25) is 0 Å². The van der Waals surface area contributed by atoms with Gasteiger partial charge in [-0.1, -0.05) is 35.8 Å². The van der Waals surface area contributed by atoms with Crippen molar-refractivity contribution in [2.45, 2.75) is 46.1 Å². The smallest absolute Gasteiger partial charge is 0.0425 e. The fraction of sp³-hybridized carbons (Fsp3) is 0.647. The molecule has 0 radical (unpaired) electrons. The summed E-state index contributed by atoms with van der Waals surface area (Å²) in [5, 5.41) is 0. The molecule has 1 aliphatic rings. The highest BCUT2D eigenvalue weighted by molar-refractivity contribution is 9.10. The summed E-state index contributed by atoms with van der Waals surface area (Å²) in [5.74, 6) is 1.66. The van der Waals surface area contributed by atoms with Gasteiger partial charge in [-0.05, 0) is 55.7 Å². The summed E-state index contributed by atoms with van der Waals surface area (Å²) < 4.78 is 1.14. The number of hydrogen-bond acceptors (Lipinski definition) is 2. The van der Waals surface area contributed by atoms with E-state index in [4.69, 9.17) is 5.73 Å². The number of benzene rings is 1. The van der Waals surface area contributed by atoms with Crippen LogP contribution in [0.25, 0.3) is 0 Å². The summed E-state index contributed by atoms with van der Waals surface area (Å²) in [7, 11) is 0. The van der Waals surface area contributed by atoms with Crippen LogP contribution in [0, 0.1) is 11.8 Å². The maximum absolute atomic E-state index is 6.14. The fourth-order valence-corrected chi connectivity index (χ4v) is 3.55. The van der Waals surface area contributed by atoms with Crippen molar-refractivity contribution in [2.24, 2.45) is 17.6 Å². The molecule has 2 rings (SSSR count). The van der Waals surface area contributed by atoms with Crippen LogP contribution in [0.5, 0.6) is 0 Å². The van der Waals surface area contributed by atoms with Crippen molar-refractivity contribution in [3.63, 3.8) is 0 Å². The van der Waals surface area contributed by atoms with E-state index in [-0.39, 0.29) is 6.04 Å². The van der Waals surface area contributed by atoms with Gasteiger partial charge in [0.15, 0.2) is 0 Å². The molecule has 0 spiro atoms. The van der Waals surface area contributed by atoms with E-state index in [9.17, 15) is 0 Å². The van der Waals surface area contributed by atoms with E-state index in [2.05, 4.69) is 59.8 Å². The van der Waals surface area contributed by atoms with E-state index in [1.165, 1.54) is 30.5 Å². The molecule has 1 aromatic carbocycles. The van der Waals surface area contributed by atoms with E-state index >= 15 is 0 Å². The van der Waals surface area contributed by atoms with Gasteiger partial charge in [0, 0.05) is 29.3 Å². The van der Waals surface area contributed by atoms with Crippen molar-refractivity contribution in [3.8, 4) is 0 Å². The van der Waals surface area contributed by atoms with Crippen molar-refractivity contribution < 1.29 is 0 Å². The number of rotatable bonds is 3. The SMILES string of the molecule is CC(N)c1ccc(Br)cc1N1CCCC(C(C)C)CC1. The Kier molecular flexibility index (Phi) is 5.50. The van der Waals surface area contributed by atoms with Gasteiger partial charge >= 0.3 is 0 Å². The molecule has 0 aliphatic carbocycles. The van der Waals surface area contributed by atoms with E-state index < -0.39 is 0 Å². The minimum atomic E-state index is 0.0854. The zero-order valence-corrected chi connectivity index (χ0v) is 14.5. The van der Waals surface area contributed by atoms with Crippen molar-refractivity contribution in [1.82, 2.24) is 0 Å². The molecule has 0 amide bonds. The second-order valence-corrected chi connectivity index (χ2v) is 7.33. The molecule has 0 aromatic heterocycles. The number of nitrogens with two attached hydrogens (primary N) is 1. The molecule has 2 nitrogen and oxygen atoms in total. The summed E-state index contributed by atoms with van der Waals surface area (Å²) in [4.78, 5) is 2.53. The third-order valence-corrected chi connectivity index (χ3v) is 5.03. The summed E-state index contributed by atoms with van der Waals surface area (Å²) in [6.07, 6.45) is 3.94. The highest BCUT2D eigenvalue weighted by Crippen LogP contribution is 2.32. The van der Waals surface area contributed by atoms with Crippen LogP contribution in [-0.4, -0.2) is 13.1 Å². The van der Waals surface area contributed by atoms with E-state index in [1.54, 1.807) is 0 Å². The normalized spacial score (nSPS) is 21.9. The van der Waals surface area contributed by atoms with Gasteiger partial charge in [0.2, 0.25) is 0 Å². The zero-order chi connectivity index (χ0) is 14.7. The first-order valence-corrected chi connectivity index (χ1v) is 8.58. The Morgan fingerprint density at radius 3 is 2.60 bits per heavy atom. The van der Waals surface area contributed by atoms with Gasteiger partial charge in [0.25, 0.3) is 0 Å². The predicted molar refractivity (Wildman–Crippen MR) is 91.1 cm³/mol. The van der Waals surface area contributed by atoms with Crippen LogP contribution < -0.4 is 10.6 Å². The number of nitrogens with zero attached hydrogens (tertiary/aromatic N) is 1. The van der Waals surface area contributed by atoms with Gasteiger partial charge in [-0.3, -0.25) is 0 Å². The Hall–Kier alpha value is -0.540. The van der Waals surface area contributed by atoms with Gasteiger partial charge in [-0.2, -0.15) is 0 Å². The average Bonchev–Trinajstić information content (AvgIpc) is 2.63. The Labute approximate surface area is 131 Å². The molecule has 3 heteroatoms. The lowest BCUT2D eigenvalue weighted by atomic mass is 9.89. The Bertz CT molecular complexity index is 443. The first-order chi connectivity index (χ1) is 9.49. The molecular weight excluding hydrogens is 312 g/mol. The molecule has 0 saturated carbocycles. The highest BCUT2D eigenvalue weighted by atomic mass is 79.9. The fourth-order valence-electron chi connectivity index (χ4n) is 3.21. The second kappa shape index (κ2) is 6.95. The first kappa shape index (κ1) is 15.8. The predicted octanol–water partition coefficient (Wildman–Crippen LogP) is 4.73. The minimum Gasteiger partial charge on any atom is -0.371 e. The van der Waals surface area contributed by atoms with Crippen molar-refractivity contribution in [1.29, 1.82) is 0 Å². The lowest BCUT2D eigenvalue weighted by Crippen LogP contribution is -2.26. The van der Waals surface area contributed by atoms with Crippen molar-refractivity contribution in [2.75, 3.05) is 18.0 Å². The van der Waals surface area contributed by atoms with Crippen molar-refractivity contribution >= 4 is 21.6 Å². The Balaban J connectivity index is 2.21. The monoisotopic (exact) mass is 338 g/mol. The molecule has 112 valence electrons. The topological polar surface area (TPSA) is 29.3 Å². The van der Waals surface area contributed by atoms with Gasteiger partial charge in [-0.25, -0.2) is 0 Å². The molecule has 1 fully saturated rings. The standard InChI is InChI=1S/C17H27BrN2/c1-12(2)14-5-4-9-20(10-8-14)17-11-15(18)6-7-16(17)13(3)19/h6-7,11-14H,4-5,8-10,19H2,1-3H3. The van der Waals surface area contributed by atoms with Crippen LogP contribution in [0.3, 0.4) is 0 Å². The zero-order valence-electron chi connectivity index (χ0n) is 12.9. The van der Waals surface area contributed by atoms with Gasteiger partial charge < -0.3 is 10.6 Å². The van der Waals surface area contributed by atoms with Crippen molar-refractivity contribution in [3.05, 3.63) is 28.2 Å².